The summed E-state index contributed by atoms with van der Waals surface area (Å²) in [5.41, 5.74) is 1.19. The number of piperazine rings is 1. The minimum absolute atomic E-state index is 0.214. The molecule has 0 amide bonds. The van der Waals surface area contributed by atoms with Crippen molar-refractivity contribution >= 4 is 17.6 Å². The summed E-state index contributed by atoms with van der Waals surface area (Å²) in [6.45, 7) is 4.36. The second kappa shape index (κ2) is 14.3. The molecule has 0 saturated carbocycles. The Kier molecular flexibility index (Phi) is 7.80. The fourth-order valence-electron chi connectivity index (χ4n) is 6.33. The molecule has 4 nitrogen and oxygen atoms in total. The molecule has 1 aliphatic heterocycles. The molecule has 2 aromatic carbocycles. The lowest BCUT2D eigenvalue weighted by Crippen LogP contribution is -2.70. The largest absolute Gasteiger partial charge is 0.415 e. The Balaban J connectivity index is 1.47. The van der Waals surface area contributed by atoms with Crippen molar-refractivity contribution in [1.29, 1.82) is 0 Å². The number of carbonyl (C=O) groups is 1. The molecule has 0 radical (unpaired) electrons. The number of rotatable bonds is 14. The zero-order chi connectivity index (χ0) is 35.4. The van der Waals surface area contributed by atoms with E-state index in [-0.39, 0.29) is 65.9 Å². The third-order valence-electron chi connectivity index (χ3n) is 9.00. The minimum Gasteiger partial charge on any atom is -0.415 e. The standard InChI is InChI=1S/C35H52ClN2O2/c1-5-6-7-8-9-10-11-12-16-19-34(39)40-27-38(4)23-22-37(26-35(38,2)3)33-25-31(28-17-14-13-15-18-28)30-21-20-29(36)24-32(30)33/h13-15,17-18,20-21,24,31,33H,5-12,16,19,22-23,25-27H2,1-4H3/q+1/t31-,33+,38-/m0/s1/i4D3,13D,14D,15D,17D,18D. The van der Waals surface area contributed by atoms with Crippen LogP contribution in [0.5, 0.6) is 0 Å². The Labute approximate surface area is 259 Å². The zero-order valence-electron chi connectivity index (χ0n) is 32.6. The van der Waals surface area contributed by atoms with Gasteiger partial charge in [0.15, 0.2) is 0 Å². The predicted molar refractivity (Wildman–Crippen MR) is 167 cm³/mol. The number of fused-ring (bicyclic) bond motifs is 1. The zero-order valence-corrected chi connectivity index (χ0v) is 25.3. The highest BCUT2D eigenvalue weighted by atomic mass is 35.5. The third-order valence-corrected chi connectivity index (χ3v) is 9.23. The van der Waals surface area contributed by atoms with E-state index < -0.39 is 24.5 Å². The Morgan fingerprint density at radius 2 is 1.77 bits per heavy atom. The van der Waals surface area contributed by atoms with Gasteiger partial charge in [0.2, 0.25) is 6.73 Å². The second-order valence-electron chi connectivity index (χ2n) is 12.3. The number of nitrogens with zero attached hydrogens (tertiary/aromatic N) is 2. The molecule has 0 unspecified atom stereocenters. The van der Waals surface area contributed by atoms with E-state index in [4.69, 9.17) is 27.3 Å². The maximum absolute atomic E-state index is 12.8. The summed E-state index contributed by atoms with van der Waals surface area (Å²) in [5, 5.41) is 0.531. The molecule has 0 N–H and O–H groups in total. The van der Waals surface area contributed by atoms with Crippen LogP contribution < -0.4 is 0 Å². The summed E-state index contributed by atoms with van der Waals surface area (Å²) in [4.78, 5) is 15.0. The molecule has 3 atom stereocenters. The number of quaternary nitrogens is 1. The normalized spacial score (nSPS) is 27.3. The van der Waals surface area contributed by atoms with E-state index in [1.165, 1.54) is 38.5 Å². The maximum Gasteiger partial charge on any atom is 0.310 e. The van der Waals surface area contributed by atoms with Crippen LogP contribution in [0, 0.1) is 0 Å². The Morgan fingerprint density at radius 3 is 2.45 bits per heavy atom. The number of hydrogen-bond donors (Lipinski definition) is 0. The summed E-state index contributed by atoms with van der Waals surface area (Å²) in [6, 6.07) is 3.70. The maximum atomic E-state index is 12.8. The van der Waals surface area contributed by atoms with Crippen LogP contribution in [0.1, 0.15) is 131 Å². The quantitative estimate of drug-likeness (QED) is 0.128. The van der Waals surface area contributed by atoms with Gasteiger partial charge in [0.25, 0.3) is 0 Å². The first-order valence-corrected chi connectivity index (χ1v) is 15.6. The number of likely N-dealkylation sites (N-methyl/N-ethyl adjacent to an activating group) is 1. The van der Waals surface area contributed by atoms with Crippen molar-refractivity contribution in [3.63, 3.8) is 0 Å². The fraction of sp³-hybridized carbons (Fsp3) is 0.629. The van der Waals surface area contributed by atoms with Crippen LogP contribution in [0.4, 0.5) is 0 Å². The number of carbonyl (C=O) groups excluding carboxylic acids is 1. The molecule has 0 aromatic heterocycles. The Morgan fingerprint density at radius 1 is 1.07 bits per heavy atom. The van der Waals surface area contributed by atoms with Gasteiger partial charge < -0.3 is 4.74 Å². The van der Waals surface area contributed by atoms with E-state index in [0.29, 0.717) is 24.5 Å². The lowest BCUT2D eigenvalue weighted by atomic mass is 9.92. The lowest BCUT2D eigenvalue weighted by Gasteiger charge is -2.53. The van der Waals surface area contributed by atoms with Gasteiger partial charge in [-0.1, -0.05) is 106 Å². The van der Waals surface area contributed by atoms with Crippen molar-refractivity contribution in [2.45, 2.75) is 109 Å². The average molecular weight is 576 g/mol. The monoisotopic (exact) mass is 575 g/mol. The highest BCUT2D eigenvalue weighted by Gasteiger charge is 2.49. The topological polar surface area (TPSA) is 29.5 Å². The van der Waals surface area contributed by atoms with Crippen molar-refractivity contribution in [3.05, 3.63) is 70.1 Å². The molecule has 1 aliphatic carbocycles. The van der Waals surface area contributed by atoms with E-state index in [2.05, 4.69) is 11.8 Å². The highest BCUT2D eigenvalue weighted by molar-refractivity contribution is 6.30. The molecule has 2 aromatic rings. The molecule has 2 aliphatic rings. The predicted octanol–water partition coefficient (Wildman–Crippen LogP) is 8.88. The van der Waals surface area contributed by atoms with Crippen molar-refractivity contribution < 1.29 is 25.0 Å². The van der Waals surface area contributed by atoms with Crippen molar-refractivity contribution in [2.24, 2.45) is 0 Å². The number of unbranched alkanes of at least 4 members (excludes halogenated alkanes) is 8. The number of halogens is 1. The third kappa shape index (κ3) is 7.69. The number of ether oxygens (including phenoxy) is 1. The summed E-state index contributed by atoms with van der Waals surface area (Å²) >= 11 is 6.47. The molecule has 1 fully saturated rings. The first-order chi connectivity index (χ1) is 22.6. The second-order valence-corrected chi connectivity index (χ2v) is 12.8. The van der Waals surface area contributed by atoms with Crippen molar-refractivity contribution in [3.8, 4) is 0 Å². The smallest absolute Gasteiger partial charge is 0.310 e. The molecular formula is C35H52ClN2O2+. The number of benzene rings is 2. The summed E-state index contributed by atoms with van der Waals surface area (Å²) in [5.74, 6) is -0.816. The summed E-state index contributed by atoms with van der Waals surface area (Å²) < 4.78 is 73.0. The SMILES string of the molecule is [2H]c1c([2H])c([2H])c([C@@H]2C[C@@H](N3CC[N@+](COC(=O)CCCCCCCCCCC)(C([2H])([2H])[2H])C(C)(C)C3)c3cc(Cl)ccc32)c([2H])c1[2H]. The van der Waals surface area contributed by atoms with E-state index >= 15 is 0 Å². The van der Waals surface area contributed by atoms with Crippen LogP contribution in [0.3, 0.4) is 0 Å². The fourth-order valence-corrected chi connectivity index (χ4v) is 6.52. The molecule has 4 rings (SSSR count). The van der Waals surface area contributed by atoms with E-state index in [9.17, 15) is 4.79 Å². The first-order valence-electron chi connectivity index (χ1n) is 19.2. The van der Waals surface area contributed by atoms with Crippen LogP contribution in [0.15, 0.2) is 48.4 Å². The Hall–Kier alpha value is -1.88. The molecular weight excluding hydrogens is 516 g/mol. The van der Waals surface area contributed by atoms with Gasteiger partial charge in [-0.05, 0) is 55.5 Å². The van der Waals surface area contributed by atoms with Gasteiger partial charge in [0.1, 0.15) is 5.54 Å². The average Bonchev–Trinajstić information content (AvgIpc) is 3.38. The molecule has 0 bridgehead atoms. The van der Waals surface area contributed by atoms with Gasteiger partial charge in [0, 0.05) is 29.9 Å². The van der Waals surface area contributed by atoms with E-state index in [1.54, 1.807) is 6.07 Å². The van der Waals surface area contributed by atoms with Crippen LogP contribution in [0.25, 0.3) is 0 Å². The number of esters is 1. The van der Waals surface area contributed by atoms with Crippen molar-refractivity contribution in [2.75, 3.05) is 33.3 Å². The van der Waals surface area contributed by atoms with Crippen LogP contribution >= 0.6 is 11.6 Å². The van der Waals surface area contributed by atoms with Crippen molar-refractivity contribution in [1.82, 2.24) is 4.90 Å². The highest BCUT2D eigenvalue weighted by Crippen LogP contribution is 2.48. The molecule has 1 heterocycles. The molecule has 0 spiro atoms. The van der Waals surface area contributed by atoms with Crippen LogP contribution in [-0.2, 0) is 9.53 Å². The molecule has 1 saturated heterocycles. The minimum atomic E-state index is -2.43. The summed E-state index contributed by atoms with van der Waals surface area (Å²) in [7, 11) is 0. The van der Waals surface area contributed by atoms with E-state index in [1.807, 2.05) is 26.0 Å². The Bertz CT molecular complexity index is 1420. The van der Waals surface area contributed by atoms with Gasteiger partial charge >= 0.3 is 5.97 Å². The first kappa shape index (κ1) is 21.8. The molecule has 5 heteroatoms. The van der Waals surface area contributed by atoms with E-state index in [0.717, 1.165) is 30.4 Å². The van der Waals surface area contributed by atoms with Gasteiger partial charge in [0.05, 0.1) is 31.0 Å². The van der Waals surface area contributed by atoms with Gasteiger partial charge in [-0.2, -0.15) is 0 Å². The van der Waals surface area contributed by atoms with Gasteiger partial charge in [-0.25, -0.2) is 0 Å². The van der Waals surface area contributed by atoms with Gasteiger partial charge in [-0.15, -0.1) is 0 Å². The van der Waals surface area contributed by atoms with Gasteiger partial charge in [-0.3, -0.25) is 14.2 Å². The van der Waals surface area contributed by atoms with Crippen LogP contribution in [0.2, 0.25) is 5.02 Å². The lowest BCUT2D eigenvalue weighted by molar-refractivity contribution is -0.974. The molecule has 220 valence electrons. The van der Waals surface area contributed by atoms with Crippen LogP contribution in [-0.4, -0.2) is 54.2 Å². The summed E-state index contributed by atoms with van der Waals surface area (Å²) in [6.07, 6.45) is 11.0. The number of hydrogen-bond acceptors (Lipinski definition) is 3. The molecule has 40 heavy (non-hydrogen) atoms.